The van der Waals surface area contributed by atoms with Crippen molar-refractivity contribution in [3.05, 3.63) is 35.4 Å². The fourth-order valence-corrected chi connectivity index (χ4v) is 2.22. The molecule has 0 bridgehead atoms. The summed E-state index contributed by atoms with van der Waals surface area (Å²) in [5, 5.41) is 2.60. The minimum absolute atomic E-state index is 0.0274. The Hall–Kier alpha value is -2.21. The zero-order valence-electron chi connectivity index (χ0n) is 11.3. The lowest BCUT2D eigenvalue weighted by molar-refractivity contribution is -0.138. The van der Waals surface area contributed by atoms with Gasteiger partial charge in [0.05, 0.1) is 12.8 Å². The average molecular weight is 275 g/mol. The molecule has 0 aliphatic carbocycles. The Balaban J connectivity index is 2.00. The standard InChI is InChI=1S/C14H17N3O3/c1-17-13(19)7-11(14(17)20)16-12(18)6-9-4-2-3-5-10(9)8-15/h2-5,11H,6-8,15H2,1H3,(H,16,18). The molecule has 1 fully saturated rings. The highest BCUT2D eigenvalue weighted by atomic mass is 16.2. The molecule has 1 saturated heterocycles. The number of likely N-dealkylation sites (tertiary alicyclic amines) is 1. The van der Waals surface area contributed by atoms with Crippen LogP contribution in [0.5, 0.6) is 0 Å². The largest absolute Gasteiger partial charge is 0.343 e. The molecule has 1 aliphatic rings. The van der Waals surface area contributed by atoms with Crippen molar-refractivity contribution in [2.24, 2.45) is 5.73 Å². The van der Waals surface area contributed by atoms with Gasteiger partial charge in [-0.05, 0) is 11.1 Å². The maximum atomic E-state index is 12.0. The number of hydrogen-bond donors (Lipinski definition) is 2. The van der Waals surface area contributed by atoms with Crippen molar-refractivity contribution in [1.29, 1.82) is 0 Å². The van der Waals surface area contributed by atoms with Crippen LogP contribution in [-0.4, -0.2) is 35.7 Å². The van der Waals surface area contributed by atoms with E-state index in [4.69, 9.17) is 5.73 Å². The van der Waals surface area contributed by atoms with Crippen LogP contribution in [0.4, 0.5) is 0 Å². The Morgan fingerprint density at radius 2 is 2.00 bits per heavy atom. The van der Waals surface area contributed by atoms with E-state index < -0.39 is 6.04 Å². The quantitative estimate of drug-likeness (QED) is 0.729. The Morgan fingerprint density at radius 3 is 2.55 bits per heavy atom. The van der Waals surface area contributed by atoms with Gasteiger partial charge in [-0.2, -0.15) is 0 Å². The normalized spacial score (nSPS) is 18.5. The number of rotatable bonds is 4. The molecule has 0 radical (unpaired) electrons. The maximum absolute atomic E-state index is 12.0. The minimum atomic E-state index is -0.745. The van der Waals surface area contributed by atoms with Crippen LogP contribution < -0.4 is 11.1 Å². The van der Waals surface area contributed by atoms with Crippen molar-refractivity contribution < 1.29 is 14.4 Å². The zero-order chi connectivity index (χ0) is 14.7. The molecule has 1 heterocycles. The van der Waals surface area contributed by atoms with Crippen LogP contribution in [-0.2, 0) is 27.3 Å². The van der Waals surface area contributed by atoms with Gasteiger partial charge in [-0.3, -0.25) is 19.3 Å². The van der Waals surface area contributed by atoms with Gasteiger partial charge in [0, 0.05) is 13.6 Å². The Labute approximate surface area is 116 Å². The summed E-state index contributed by atoms with van der Waals surface area (Å²) in [7, 11) is 1.42. The number of benzene rings is 1. The molecule has 0 saturated carbocycles. The van der Waals surface area contributed by atoms with Gasteiger partial charge >= 0.3 is 0 Å². The highest BCUT2D eigenvalue weighted by Gasteiger charge is 2.36. The zero-order valence-corrected chi connectivity index (χ0v) is 11.3. The molecule has 0 spiro atoms. The molecule has 1 unspecified atom stereocenters. The average Bonchev–Trinajstić information content (AvgIpc) is 2.67. The van der Waals surface area contributed by atoms with E-state index in [9.17, 15) is 14.4 Å². The van der Waals surface area contributed by atoms with Crippen LogP contribution in [0.1, 0.15) is 17.5 Å². The van der Waals surface area contributed by atoms with E-state index in [1.165, 1.54) is 7.05 Å². The van der Waals surface area contributed by atoms with Crippen LogP contribution in [0.25, 0.3) is 0 Å². The van der Waals surface area contributed by atoms with Crippen LogP contribution in [0.2, 0.25) is 0 Å². The van der Waals surface area contributed by atoms with Crippen LogP contribution in [0.3, 0.4) is 0 Å². The number of carbonyl (C=O) groups is 3. The van der Waals surface area contributed by atoms with E-state index in [2.05, 4.69) is 5.32 Å². The van der Waals surface area contributed by atoms with E-state index >= 15 is 0 Å². The first-order valence-corrected chi connectivity index (χ1v) is 6.39. The van der Waals surface area contributed by atoms with Crippen molar-refractivity contribution in [2.45, 2.75) is 25.4 Å². The topological polar surface area (TPSA) is 92.5 Å². The predicted octanol–water partition coefficient (Wildman–Crippen LogP) is -0.439. The molecule has 1 atom stereocenters. The van der Waals surface area contributed by atoms with Gasteiger partial charge in [-0.15, -0.1) is 0 Å². The molecule has 106 valence electrons. The molecule has 3 amide bonds. The SMILES string of the molecule is CN1C(=O)CC(NC(=O)Cc2ccccc2CN)C1=O. The monoisotopic (exact) mass is 275 g/mol. The predicted molar refractivity (Wildman–Crippen MR) is 72.4 cm³/mol. The second-order valence-corrected chi connectivity index (χ2v) is 4.76. The Kier molecular flexibility index (Phi) is 4.14. The van der Waals surface area contributed by atoms with Crippen LogP contribution in [0.15, 0.2) is 24.3 Å². The van der Waals surface area contributed by atoms with Gasteiger partial charge in [0.2, 0.25) is 11.8 Å². The fourth-order valence-electron chi connectivity index (χ4n) is 2.22. The molecule has 1 aromatic rings. The third-order valence-corrected chi connectivity index (χ3v) is 3.41. The molecule has 2 rings (SSSR count). The number of nitrogens with zero attached hydrogens (tertiary/aromatic N) is 1. The first-order valence-electron chi connectivity index (χ1n) is 6.39. The number of nitrogens with one attached hydrogen (secondary N) is 1. The second-order valence-electron chi connectivity index (χ2n) is 4.76. The smallest absolute Gasteiger partial charge is 0.252 e. The van der Waals surface area contributed by atoms with Crippen molar-refractivity contribution >= 4 is 17.7 Å². The molecular weight excluding hydrogens is 258 g/mol. The second kappa shape index (κ2) is 5.83. The van der Waals surface area contributed by atoms with E-state index in [0.717, 1.165) is 16.0 Å². The summed E-state index contributed by atoms with van der Waals surface area (Å²) in [6, 6.07) is 6.64. The summed E-state index contributed by atoms with van der Waals surface area (Å²) in [4.78, 5) is 36.1. The van der Waals surface area contributed by atoms with E-state index in [0.29, 0.717) is 6.54 Å². The summed E-state index contributed by atoms with van der Waals surface area (Å²) >= 11 is 0. The van der Waals surface area contributed by atoms with Gasteiger partial charge in [-0.1, -0.05) is 24.3 Å². The van der Waals surface area contributed by atoms with Gasteiger partial charge < -0.3 is 11.1 Å². The first kappa shape index (κ1) is 14.2. The summed E-state index contributed by atoms with van der Waals surface area (Å²) in [5.74, 6) is -0.925. The Morgan fingerprint density at radius 1 is 1.35 bits per heavy atom. The number of likely N-dealkylation sites (N-methyl/N-ethyl adjacent to an activating group) is 1. The van der Waals surface area contributed by atoms with Gasteiger partial charge in [0.25, 0.3) is 5.91 Å². The molecule has 0 aromatic heterocycles. The third-order valence-electron chi connectivity index (χ3n) is 3.41. The number of hydrogen-bond acceptors (Lipinski definition) is 4. The van der Waals surface area contributed by atoms with E-state index in [-0.39, 0.29) is 30.6 Å². The maximum Gasteiger partial charge on any atom is 0.252 e. The highest BCUT2D eigenvalue weighted by Crippen LogP contribution is 2.12. The first-order chi connectivity index (χ1) is 9.52. The summed E-state index contributed by atoms with van der Waals surface area (Å²) < 4.78 is 0. The van der Waals surface area contributed by atoms with Gasteiger partial charge in [0.1, 0.15) is 6.04 Å². The highest BCUT2D eigenvalue weighted by molar-refractivity contribution is 6.06. The molecule has 6 heteroatoms. The minimum Gasteiger partial charge on any atom is -0.343 e. The lowest BCUT2D eigenvalue weighted by atomic mass is 10.0. The fraction of sp³-hybridized carbons (Fsp3) is 0.357. The van der Waals surface area contributed by atoms with Crippen LogP contribution >= 0.6 is 0 Å². The number of imide groups is 1. The molecule has 1 aliphatic heterocycles. The van der Waals surface area contributed by atoms with Crippen LogP contribution in [0, 0.1) is 0 Å². The Bertz CT molecular complexity index is 556. The van der Waals surface area contributed by atoms with Gasteiger partial charge in [-0.25, -0.2) is 0 Å². The lowest BCUT2D eigenvalue weighted by Crippen LogP contribution is -2.41. The van der Waals surface area contributed by atoms with E-state index in [1.807, 2.05) is 24.3 Å². The summed E-state index contributed by atoms with van der Waals surface area (Å²) in [6.45, 7) is 0.354. The number of nitrogens with two attached hydrogens (primary N) is 1. The molecule has 6 nitrogen and oxygen atoms in total. The summed E-state index contributed by atoms with van der Waals surface area (Å²) in [5.41, 5.74) is 7.34. The van der Waals surface area contributed by atoms with Crippen molar-refractivity contribution in [2.75, 3.05) is 7.05 Å². The number of amides is 3. The van der Waals surface area contributed by atoms with Gasteiger partial charge in [0.15, 0.2) is 0 Å². The van der Waals surface area contributed by atoms with Crippen molar-refractivity contribution in [3.8, 4) is 0 Å². The molecule has 1 aromatic carbocycles. The molecular formula is C14H17N3O3. The molecule has 20 heavy (non-hydrogen) atoms. The van der Waals surface area contributed by atoms with Crippen molar-refractivity contribution in [1.82, 2.24) is 10.2 Å². The van der Waals surface area contributed by atoms with Crippen molar-refractivity contribution in [3.63, 3.8) is 0 Å². The van der Waals surface area contributed by atoms with E-state index in [1.54, 1.807) is 0 Å². The number of carbonyl (C=O) groups excluding carboxylic acids is 3. The molecule has 3 N–H and O–H groups in total. The third kappa shape index (κ3) is 2.85. The lowest BCUT2D eigenvalue weighted by Gasteiger charge is -2.12. The summed E-state index contributed by atoms with van der Waals surface area (Å²) in [6.07, 6.45) is 0.175.